The molecule has 16 heavy (non-hydrogen) atoms. The Hall–Kier alpha value is -1.31. The van der Waals surface area contributed by atoms with E-state index in [4.69, 9.17) is 15.4 Å². The normalized spacial score (nSPS) is 12.7. The summed E-state index contributed by atoms with van der Waals surface area (Å²) in [6.45, 7) is -0.245. The Balaban J connectivity index is 2.35. The lowest BCUT2D eigenvalue weighted by Crippen LogP contribution is -2.14. The van der Waals surface area contributed by atoms with Crippen molar-refractivity contribution in [2.45, 2.75) is 6.04 Å². The fraction of sp³-hybridized carbons (Fsp3) is 0.222. The lowest BCUT2D eigenvalue weighted by molar-refractivity contribution is 0.237. The quantitative estimate of drug-likeness (QED) is 0.869. The molecule has 0 unspecified atom stereocenters. The van der Waals surface area contributed by atoms with Gasteiger partial charge in [-0.3, -0.25) is 4.98 Å². The van der Waals surface area contributed by atoms with Crippen LogP contribution in [-0.4, -0.2) is 26.8 Å². The van der Waals surface area contributed by atoms with Gasteiger partial charge in [-0.05, 0) is 28.1 Å². The molecule has 6 nitrogen and oxygen atoms in total. The number of halogens is 1. The number of nitrogens with two attached hydrogens (primary N) is 1. The molecule has 1 atom stereocenters. The van der Waals surface area contributed by atoms with E-state index in [-0.39, 0.29) is 12.5 Å². The molecule has 0 fully saturated rings. The summed E-state index contributed by atoms with van der Waals surface area (Å²) in [5.41, 5.74) is 6.12. The number of hydrogen-bond acceptors (Lipinski definition) is 6. The van der Waals surface area contributed by atoms with Crippen molar-refractivity contribution in [1.82, 2.24) is 15.1 Å². The largest absolute Gasteiger partial charge is 0.394 e. The van der Waals surface area contributed by atoms with Crippen LogP contribution in [0.15, 0.2) is 27.3 Å². The lowest BCUT2D eigenvalue weighted by atomic mass is 10.3. The van der Waals surface area contributed by atoms with E-state index in [2.05, 4.69) is 31.1 Å². The third-order valence-corrected chi connectivity index (χ3v) is 2.57. The molecule has 0 spiro atoms. The second-order valence-electron chi connectivity index (χ2n) is 3.08. The average molecular weight is 285 g/mol. The molecule has 0 aliphatic rings. The van der Waals surface area contributed by atoms with Crippen LogP contribution in [0, 0.1) is 0 Å². The van der Waals surface area contributed by atoms with E-state index >= 15 is 0 Å². The topological polar surface area (TPSA) is 98.1 Å². The molecule has 2 aromatic heterocycles. The maximum atomic E-state index is 8.84. The van der Waals surface area contributed by atoms with Crippen molar-refractivity contribution in [2.24, 2.45) is 5.73 Å². The highest BCUT2D eigenvalue weighted by atomic mass is 79.9. The summed E-state index contributed by atoms with van der Waals surface area (Å²) < 4.78 is 5.68. The summed E-state index contributed by atoms with van der Waals surface area (Å²) in [5.74, 6) is 0.529. The highest BCUT2D eigenvalue weighted by molar-refractivity contribution is 9.10. The Bertz CT molecular complexity index is 488. The molecule has 0 saturated carbocycles. The smallest absolute Gasteiger partial charge is 0.246 e. The predicted octanol–water partition coefficient (Wildman–Crippen LogP) is 0.886. The molecule has 2 rings (SSSR count). The SMILES string of the molecule is N[C@H](CO)c1nc(-c2ncccc2Br)no1. The molecule has 0 bridgehead atoms. The molecular formula is C9H9BrN4O2. The van der Waals surface area contributed by atoms with E-state index < -0.39 is 6.04 Å². The molecule has 0 aromatic carbocycles. The van der Waals surface area contributed by atoms with Crippen molar-refractivity contribution < 1.29 is 9.63 Å². The first-order chi connectivity index (χ1) is 7.72. The number of hydrogen-bond donors (Lipinski definition) is 2. The van der Waals surface area contributed by atoms with Crippen LogP contribution in [0.2, 0.25) is 0 Å². The van der Waals surface area contributed by atoms with Gasteiger partial charge in [-0.25, -0.2) is 0 Å². The van der Waals surface area contributed by atoms with Gasteiger partial charge in [0.15, 0.2) is 0 Å². The van der Waals surface area contributed by atoms with E-state index in [1.807, 2.05) is 6.07 Å². The van der Waals surface area contributed by atoms with Gasteiger partial charge in [-0.1, -0.05) is 5.16 Å². The Kier molecular flexibility index (Phi) is 3.28. The van der Waals surface area contributed by atoms with Crippen LogP contribution < -0.4 is 5.73 Å². The van der Waals surface area contributed by atoms with Gasteiger partial charge in [-0.15, -0.1) is 0 Å². The molecular weight excluding hydrogens is 276 g/mol. The number of aromatic nitrogens is 3. The molecule has 0 aliphatic heterocycles. The average Bonchev–Trinajstić information content (AvgIpc) is 2.78. The van der Waals surface area contributed by atoms with Crippen LogP contribution in [0.25, 0.3) is 11.5 Å². The summed E-state index contributed by atoms with van der Waals surface area (Å²) in [5, 5.41) is 12.6. The molecule has 0 radical (unpaired) electrons. The molecule has 7 heteroatoms. The first-order valence-electron chi connectivity index (χ1n) is 4.53. The van der Waals surface area contributed by atoms with Crippen molar-refractivity contribution in [2.75, 3.05) is 6.61 Å². The molecule has 3 N–H and O–H groups in total. The van der Waals surface area contributed by atoms with Crippen molar-refractivity contribution >= 4 is 15.9 Å². The number of nitrogens with zero attached hydrogens (tertiary/aromatic N) is 3. The third-order valence-electron chi connectivity index (χ3n) is 1.93. The first kappa shape index (κ1) is 11.2. The van der Waals surface area contributed by atoms with Crippen molar-refractivity contribution in [3.8, 4) is 11.5 Å². The Labute approximate surface area is 99.6 Å². The second kappa shape index (κ2) is 4.69. The minimum Gasteiger partial charge on any atom is -0.394 e. The standard InChI is InChI=1S/C9H9BrN4O2/c10-5-2-1-3-12-7(5)8-13-9(16-14-8)6(11)4-15/h1-3,6,15H,4,11H2/t6-/m1/s1. The Morgan fingerprint density at radius 3 is 3.06 bits per heavy atom. The zero-order valence-corrected chi connectivity index (χ0v) is 9.75. The Morgan fingerprint density at radius 2 is 2.38 bits per heavy atom. The summed E-state index contributed by atoms with van der Waals surface area (Å²) in [4.78, 5) is 8.17. The Morgan fingerprint density at radius 1 is 1.56 bits per heavy atom. The van der Waals surface area contributed by atoms with Crippen molar-refractivity contribution in [1.29, 1.82) is 0 Å². The molecule has 84 valence electrons. The molecule has 0 saturated heterocycles. The molecule has 2 aromatic rings. The van der Waals surface area contributed by atoms with Gasteiger partial charge in [-0.2, -0.15) is 4.98 Å². The monoisotopic (exact) mass is 284 g/mol. The van der Waals surface area contributed by atoms with Crippen LogP contribution in [0.3, 0.4) is 0 Å². The fourth-order valence-electron chi connectivity index (χ4n) is 1.11. The van der Waals surface area contributed by atoms with E-state index in [0.717, 1.165) is 4.47 Å². The summed E-state index contributed by atoms with van der Waals surface area (Å²) in [6, 6.07) is 2.95. The highest BCUT2D eigenvalue weighted by Crippen LogP contribution is 2.23. The highest BCUT2D eigenvalue weighted by Gasteiger charge is 2.16. The first-order valence-corrected chi connectivity index (χ1v) is 5.32. The molecule has 2 heterocycles. The van der Waals surface area contributed by atoms with E-state index in [1.54, 1.807) is 12.3 Å². The lowest BCUT2D eigenvalue weighted by Gasteiger charge is -1.98. The van der Waals surface area contributed by atoms with Gasteiger partial charge in [0.05, 0.1) is 6.61 Å². The number of rotatable bonds is 3. The van der Waals surface area contributed by atoms with Crippen molar-refractivity contribution in [3.63, 3.8) is 0 Å². The summed E-state index contributed by atoms with van der Waals surface area (Å²) in [6.07, 6.45) is 1.63. The van der Waals surface area contributed by atoms with Crippen LogP contribution in [-0.2, 0) is 0 Å². The van der Waals surface area contributed by atoms with Gasteiger partial charge in [0, 0.05) is 10.7 Å². The molecule has 0 aliphatic carbocycles. The minimum absolute atomic E-state index is 0.190. The van der Waals surface area contributed by atoms with Crippen molar-refractivity contribution in [3.05, 3.63) is 28.7 Å². The van der Waals surface area contributed by atoms with Gasteiger partial charge < -0.3 is 15.4 Å². The maximum Gasteiger partial charge on any atom is 0.246 e. The zero-order valence-electron chi connectivity index (χ0n) is 8.17. The fourth-order valence-corrected chi connectivity index (χ4v) is 1.54. The number of aliphatic hydroxyl groups excluding tert-OH is 1. The van der Waals surface area contributed by atoms with Crippen LogP contribution in [0.4, 0.5) is 0 Å². The second-order valence-corrected chi connectivity index (χ2v) is 3.93. The van der Waals surface area contributed by atoms with Gasteiger partial charge in [0.2, 0.25) is 11.7 Å². The predicted molar refractivity (Wildman–Crippen MR) is 59.2 cm³/mol. The summed E-state index contributed by atoms with van der Waals surface area (Å²) >= 11 is 3.33. The number of pyridine rings is 1. The number of aliphatic hydroxyl groups is 1. The maximum absolute atomic E-state index is 8.84. The van der Waals surface area contributed by atoms with E-state index in [9.17, 15) is 0 Å². The minimum atomic E-state index is -0.663. The zero-order chi connectivity index (χ0) is 11.5. The van der Waals surface area contributed by atoms with Crippen LogP contribution in [0.5, 0.6) is 0 Å². The van der Waals surface area contributed by atoms with Gasteiger partial charge >= 0.3 is 0 Å². The van der Waals surface area contributed by atoms with Gasteiger partial charge in [0.1, 0.15) is 11.7 Å². The summed E-state index contributed by atoms with van der Waals surface area (Å²) in [7, 11) is 0. The van der Waals surface area contributed by atoms with E-state index in [0.29, 0.717) is 11.5 Å². The third kappa shape index (κ3) is 2.11. The van der Waals surface area contributed by atoms with Crippen LogP contribution >= 0.6 is 15.9 Å². The van der Waals surface area contributed by atoms with E-state index in [1.165, 1.54) is 0 Å². The molecule has 0 amide bonds. The van der Waals surface area contributed by atoms with Crippen LogP contribution in [0.1, 0.15) is 11.9 Å². The van der Waals surface area contributed by atoms with Gasteiger partial charge in [0.25, 0.3) is 0 Å².